The maximum atomic E-state index is 4.83. The predicted molar refractivity (Wildman–Crippen MR) is 232 cm³/mol. The van der Waals surface area contributed by atoms with E-state index in [0.29, 0.717) is 0 Å². The van der Waals surface area contributed by atoms with Gasteiger partial charge in [0.05, 0.1) is 22.2 Å². The molecule has 11 rings (SSSR count). The molecule has 56 heavy (non-hydrogen) atoms. The molecule has 0 unspecified atom stereocenters. The third-order valence-corrected chi connectivity index (χ3v) is 11.0. The van der Waals surface area contributed by atoms with Crippen molar-refractivity contribution < 1.29 is 0 Å². The minimum absolute atomic E-state index is 0.955. The quantitative estimate of drug-likeness (QED) is 0.172. The summed E-state index contributed by atoms with van der Waals surface area (Å²) in [6, 6.07) is 69.6. The summed E-state index contributed by atoms with van der Waals surface area (Å²) in [5, 5.41) is 4.79. The minimum atomic E-state index is 0.955. The van der Waals surface area contributed by atoms with E-state index in [2.05, 4.69) is 185 Å². The molecule has 0 aliphatic rings. The molecular formula is C52H34N4. The SMILES string of the molecule is c1ccc(-c2cc(-c3cccc(-n4c5ccccc5c5ccc(-c6ccc7c8cccnc8n(-c8ccccc8)c7c6)cc54)c3)cc(-c3ccccn3)c2)cc1. The van der Waals surface area contributed by atoms with Crippen LogP contribution in [0.4, 0.5) is 0 Å². The Hall–Kier alpha value is -7.56. The first kappa shape index (κ1) is 31.9. The second-order valence-electron chi connectivity index (χ2n) is 14.3. The highest BCUT2D eigenvalue weighted by Gasteiger charge is 2.17. The summed E-state index contributed by atoms with van der Waals surface area (Å²) in [6.07, 6.45) is 3.74. The van der Waals surface area contributed by atoms with Gasteiger partial charge in [-0.2, -0.15) is 0 Å². The molecule has 0 aliphatic carbocycles. The molecule has 0 spiro atoms. The van der Waals surface area contributed by atoms with Crippen molar-refractivity contribution in [3.63, 3.8) is 0 Å². The van der Waals surface area contributed by atoms with E-state index in [0.717, 1.165) is 67.0 Å². The molecule has 0 radical (unpaired) electrons. The Morgan fingerprint density at radius 2 is 0.857 bits per heavy atom. The molecule has 4 heteroatoms. The van der Waals surface area contributed by atoms with Gasteiger partial charge in [-0.05, 0) is 118 Å². The van der Waals surface area contributed by atoms with Gasteiger partial charge in [-0.1, -0.05) is 109 Å². The van der Waals surface area contributed by atoms with Crippen LogP contribution in [0.2, 0.25) is 0 Å². The van der Waals surface area contributed by atoms with E-state index < -0.39 is 0 Å². The molecule has 0 saturated carbocycles. The first-order valence-corrected chi connectivity index (χ1v) is 19.0. The van der Waals surface area contributed by atoms with Crippen molar-refractivity contribution in [2.45, 2.75) is 0 Å². The molecule has 11 aromatic rings. The van der Waals surface area contributed by atoms with E-state index in [1.807, 2.05) is 30.6 Å². The highest BCUT2D eigenvalue weighted by atomic mass is 15.0. The number of aromatic nitrogens is 4. The number of nitrogens with zero attached hydrogens (tertiary/aromatic N) is 4. The lowest BCUT2D eigenvalue weighted by molar-refractivity contribution is 1.14. The van der Waals surface area contributed by atoms with Crippen molar-refractivity contribution >= 4 is 43.7 Å². The maximum Gasteiger partial charge on any atom is 0.145 e. The number of hydrogen-bond donors (Lipinski definition) is 0. The number of benzene rings is 7. The summed E-state index contributed by atoms with van der Waals surface area (Å²) in [6.45, 7) is 0. The fourth-order valence-corrected chi connectivity index (χ4v) is 8.39. The van der Waals surface area contributed by atoms with Crippen LogP contribution in [0.3, 0.4) is 0 Å². The van der Waals surface area contributed by atoms with Gasteiger partial charge in [-0.15, -0.1) is 0 Å². The molecule has 4 aromatic heterocycles. The molecular weight excluding hydrogens is 681 g/mol. The molecule has 262 valence electrons. The maximum absolute atomic E-state index is 4.83. The lowest BCUT2D eigenvalue weighted by Crippen LogP contribution is -1.95. The molecule has 0 amide bonds. The number of pyridine rings is 2. The lowest BCUT2D eigenvalue weighted by atomic mass is 9.94. The van der Waals surface area contributed by atoms with Gasteiger partial charge in [0.1, 0.15) is 5.65 Å². The van der Waals surface area contributed by atoms with Crippen molar-refractivity contribution in [3.05, 3.63) is 207 Å². The molecule has 0 atom stereocenters. The normalized spacial score (nSPS) is 11.6. The van der Waals surface area contributed by atoms with Crippen LogP contribution in [-0.2, 0) is 0 Å². The summed E-state index contributed by atoms with van der Waals surface area (Å²) in [4.78, 5) is 9.55. The molecule has 7 aromatic carbocycles. The molecule has 0 bridgehead atoms. The Bertz CT molecular complexity index is 3170. The van der Waals surface area contributed by atoms with Crippen LogP contribution in [0.25, 0.3) is 99.8 Å². The third-order valence-electron chi connectivity index (χ3n) is 11.0. The largest absolute Gasteiger partial charge is 0.309 e. The van der Waals surface area contributed by atoms with Crippen LogP contribution in [0.5, 0.6) is 0 Å². The van der Waals surface area contributed by atoms with Crippen LogP contribution < -0.4 is 0 Å². The van der Waals surface area contributed by atoms with Gasteiger partial charge in [0.25, 0.3) is 0 Å². The summed E-state index contributed by atoms with van der Waals surface area (Å²) in [5.74, 6) is 0. The molecule has 0 saturated heterocycles. The Morgan fingerprint density at radius 3 is 1.64 bits per heavy atom. The average molecular weight is 715 g/mol. The molecule has 0 aliphatic heterocycles. The van der Waals surface area contributed by atoms with Crippen LogP contribution in [0, 0.1) is 0 Å². The van der Waals surface area contributed by atoms with Gasteiger partial charge < -0.3 is 4.57 Å². The van der Waals surface area contributed by atoms with Gasteiger partial charge in [-0.25, -0.2) is 4.98 Å². The zero-order chi connectivity index (χ0) is 37.0. The van der Waals surface area contributed by atoms with E-state index in [-0.39, 0.29) is 0 Å². The summed E-state index contributed by atoms with van der Waals surface area (Å²) in [5.41, 5.74) is 15.6. The fourth-order valence-electron chi connectivity index (χ4n) is 8.39. The van der Waals surface area contributed by atoms with Gasteiger partial charge >= 0.3 is 0 Å². The zero-order valence-corrected chi connectivity index (χ0v) is 30.4. The van der Waals surface area contributed by atoms with E-state index >= 15 is 0 Å². The lowest BCUT2D eigenvalue weighted by Gasteiger charge is -2.14. The number of rotatable bonds is 6. The van der Waals surface area contributed by atoms with E-state index in [1.165, 1.54) is 32.8 Å². The Morgan fingerprint density at radius 1 is 0.286 bits per heavy atom. The zero-order valence-electron chi connectivity index (χ0n) is 30.4. The van der Waals surface area contributed by atoms with Crippen LogP contribution in [0.1, 0.15) is 0 Å². The topological polar surface area (TPSA) is 35.6 Å². The number of para-hydroxylation sites is 2. The predicted octanol–water partition coefficient (Wildman–Crippen LogP) is 13.3. The van der Waals surface area contributed by atoms with Crippen molar-refractivity contribution in [1.29, 1.82) is 0 Å². The van der Waals surface area contributed by atoms with Crippen molar-refractivity contribution in [3.8, 4) is 56.0 Å². The third kappa shape index (κ3) is 5.31. The van der Waals surface area contributed by atoms with Gasteiger partial charge in [-0.3, -0.25) is 9.55 Å². The van der Waals surface area contributed by atoms with Crippen LogP contribution >= 0.6 is 0 Å². The first-order chi connectivity index (χ1) is 27.8. The second-order valence-corrected chi connectivity index (χ2v) is 14.3. The van der Waals surface area contributed by atoms with Crippen LogP contribution in [0.15, 0.2) is 207 Å². The van der Waals surface area contributed by atoms with Gasteiger partial charge in [0.15, 0.2) is 0 Å². The minimum Gasteiger partial charge on any atom is -0.309 e. The number of hydrogen-bond acceptors (Lipinski definition) is 2. The molecule has 0 fully saturated rings. The molecule has 4 nitrogen and oxygen atoms in total. The summed E-state index contributed by atoms with van der Waals surface area (Å²) >= 11 is 0. The highest BCUT2D eigenvalue weighted by molar-refractivity contribution is 6.11. The fraction of sp³-hybridized carbons (Fsp3) is 0. The first-order valence-electron chi connectivity index (χ1n) is 19.0. The van der Waals surface area contributed by atoms with Gasteiger partial charge in [0.2, 0.25) is 0 Å². The van der Waals surface area contributed by atoms with E-state index in [1.54, 1.807) is 0 Å². The standard InChI is InChI=1S/C52H34N4/c1-3-13-35(14-4-1)39-29-40(31-41(30-39)48-21-9-10-27-53-48)36-15-11-18-43(32-36)55-49-22-8-7-19-44(49)45-25-23-37(33-50(45)55)38-24-26-46-47-20-12-28-54-52(47)56(51(46)34-38)42-16-5-2-6-17-42/h1-34H. The van der Waals surface area contributed by atoms with E-state index in [4.69, 9.17) is 9.97 Å². The highest BCUT2D eigenvalue weighted by Crippen LogP contribution is 2.39. The molecule has 4 heterocycles. The van der Waals surface area contributed by atoms with Gasteiger partial charge in [0, 0.05) is 50.9 Å². The molecule has 0 N–H and O–H groups in total. The smallest absolute Gasteiger partial charge is 0.145 e. The van der Waals surface area contributed by atoms with Crippen molar-refractivity contribution in [2.75, 3.05) is 0 Å². The Balaban J connectivity index is 1.08. The second kappa shape index (κ2) is 13.1. The van der Waals surface area contributed by atoms with Crippen molar-refractivity contribution in [2.24, 2.45) is 0 Å². The Labute approximate surface area is 324 Å². The average Bonchev–Trinajstić information content (AvgIpc) is 3.79. The van der Waals surface area contributed by atoms with Crippen molar-refractivity contribution in [1.82, 2.24) is 19.1 Å². The summed E-state index contributed by atoms with van der Waals surface area (Å²) in [7, 11) is 0. The Kier molecular flexibility index (Phi) is 7.46. The van der Waals surface area contributed by atoms with E-state index in [9.17, 15) is 0 Å². The number of fused-ring (bicyclic) bond motifs is 6. The van der Waals surface area contributed by atoms with Crippen LogP contribution in [-0.4, -0.2) is 19.1 Å². The summed E-state index contributed by atoms with van der Waals surface area (Å²) < 4.78 is 4.70. The monoisotopic (exact) mass is 714 g/mol.